The zero-order valence-electron chi connectivity index (χ0n) is 25.5. The van der Waals surface area contributed by atoms with E-state index in [0.717, 1.165) is 16.7 Å². The number of aliphatic hydroxyl groups excluding tert-OH is 1. The number of hydrogen-bond donors (Lipinski definition) is 2. The van der Waals surface area contributed by atoms with Crippen molar-refractivity contribution in [1.29, 1.82) is 0 Å². The first kappa shape index (κ1) is 31.5. The lowest BCUT2D eigenvalue weighted by Crippen LogP contribution is -2.64. The molecule has 6 rings (SSSR count). The monoisotopic (exact) mass is 662 g/mol. The van der Waals surface area contributed by atoms with Crippen LogP contribution in [0.15, 0.2) is 48.8 Å². The SMILES string of the molecule is COc1cc2c(cc1-c1cncc(C(N)=O)c1)-c1c(c(C(=O)N3CCN(CCO)C(=O)C3(C)C)nn1-c1cc(Cl)cc(Cl)c1)CC2. The number of nitrogens with two attached hydrogens (primary N) is 1. The van der Waals surface area contributed by atoms with Crippen molar-refractivity contribution in [2.24, 2.45) is 5.73 Å². The average molecular weight is 664 g/mol. The van der Waals surface area contributed by atoms with Crippen molar-refractivity contribution in [1.82, 2.24) is 24.6 Å². The molecule has 0 bridgehead atoms. The maximum atomic E-state index is 14.4. The van der Waals surface area contributed by atoms with Crippen LogP contribution in [0.1, 0.15) is 45.8 Å². The Hall–Kier alpha value is -4.45. The third-order valence-corrected chi connectivity index (χ3v) is 9.07. The number of amides is 3. The van der Waals surface area contributed by atoms with Gasteiger partial charge in [0, 0.05) is 64.3 Å². The second-order valence-electron chi connectivity index (χ2n) is 11.8. The van der Waals surface area contributed by atoms with Crippen LogP contribution in [-0.2, 0) is 17.6 Å². The fourth-order valence-corrected chi connectivity index (χ4v) is 6.85. The minimum Gasteiger partial charge on any atom is -0.496 e. The molecule has 2 aliphatic rings. The number of carbonyl (C=O) groups is 3. The second-order valence-corrected chi connectivity index (χ2v) is 12.7. The summed E-state index contributed by atoms with van der Waals surface area (Å²) in [5.41, 5.74) is 9.86. The molecule has 1 aliphatic heterocycles. The van der Waals surface area contributed by atoms with Gasteiger partial charge in [0.05, 0.1) is 30.7 Å². The predicted molar refractivity (Wildman–Crippen MR) is 174 cm³/mol. The first-order chi connectivity index (χ1) is 21.9. The van der Waals surface area contributed by atoms with Gasteiger partial charge in [-0.15, -0.1) is 0 Å². The maximum absolute atomic E-state index is 14.4. The topological polar surface area (TPSA) is 144 Å². The fraction of sp³-hybridized carbons (Fsp3) is 0.303. The van der Waals surface area contributed by atoms with E-state index < -0.39 is 11.4 Å². The second kappa shape index (κ2) is 12.1. The van der Waals surface area contributed by atoms with E-state index in [0.29, 0.717) is 57.7 Å². The average Bonchev–Trinajstić information content (AvgIpc) is 3.42. The lowest BCUT2D eigenvalue weighted by Gasteiger charge is -2.45. The van der Waals surface area contributed by atoms with E-state index >= 15 is 0 Å². The van der Waals surface area contributed by atoms with Gasteiger partial charge in [0.25, 0.3) is 5.91 Å². The molecular weight excluding hydrogens is 631 g/mol. The smallest absolute Gasteiger partial charge is 0.275 e. The molecule has 4 aromatic rings. The van der Waals surface area contributed by atoms with E-state index in [1.54, 1.807) is 65.9 Å². The van der Waals surface area contributed by atoms with Crippen molar-refractivity contribution in [2.45, 2.75) is 32.2 Å². The van der Waals surface area contributed by atoms with Crippen LogP contribution in [0.4, 0.5) is 0 Å². The molecule has 0 atom stereocenters. The number of nitrogens with zero attached hydrogens (tertiary/aromatic N) is 5. The molecule has 0 spiro atoms. The Kier molecular flexibility index (Phi) is 8.26. The predicted octanol–water partition coefficient (Wildman–Crippen LogP) is 4.17. The summed E-state index contributed by atoms with van der Waals surface area (Å²) in [7, 11) is 1.57. The zero-order valence-corrected chi connectivity index (χ0v) is 27.0. The first-order valence-electron chi connectivity index (χ1n) is 14.7. The number of aryl methyl sites for hydroxylation is 1. The molecule has 1 fully saturated rings. The number of primary amides is 1. The van der Waals surface area contributed by atoms with Crippen LogP contribution in [0.3, 0.4) is 0 Å². The normalized spacial score (nSPS) is 15.4. The summed E-state index contributed by atoms with van der Waals surface area (Å²) in [6, 6.07) is 10.6. The van der Waals surface area contributed by atoms with Crippen molar-refractivity contribution >= 4 is 40.9 Å². The number of benzene rings is 2. The molecule has 1 aliphatic carbocycles. The third kappa shape index (κ3) is 5.38. The number of halogens is 2. The number of methoxy groups -OCH3 is 1. The van der Waals surface area contributed by atoms with Crippen molar-refractivity contribution < 1.29 is 24.2 Å². The van der Waals surface area contributed by atoms with E-state index in [9.17, 15) is 19.5 Å². The van der Waals surface area contributed by atoms with Gasteiger partial charge in [-0.3, -0.25) is 19.4 Å². The third-order valence-electron chi connectivity index (χ3n) is 8.63. The van der Waals surface area contributed by atoms with E-state index in [2.05, 4.69) is 4.98 Å². The largest absolute Gasteiger partial charge is 0.496 e. The number of fused-ring (bicyclic) bond motifs is 3. The van der Waals surface area contributed by atoms with Crippen molar-refractivity contribution in [3.63, 3.8) is 0 Å². The van der Waals surface area contributed by atoms with Gasteiger partial charge >= 0.3 is 0 Å². The van der Waals surface area contributed by atoms with Crippen LogP contribution in [-0.4, -0.2) is 86.3 Å². The Morgan fingerprint density at radius 2 is 1.76 bits per heavy atom. The summed E-state index contributed by atoms with van der Waals surface area (Å²) < 4.78 is 7.44. The summed E-state index contributed by atoms with van der Waals surface area (Å²) in [6.07, 6.45) is 4.12. The molecule has 3 N–H and O–H groups in total. The maximum Gasteiger partial charge on any atom is 0.275 e. The number of aromatic nitrogens is 3. The molecule has 11 nitrogen and oxygen atoms in total. The number of aliphatic hydroxyl groups is 1. The zero-order chi connectivity index (χ0) is 32.9. The van der Waals surface area contributed by atoms with E-state index in [1.807, 2.05) is 12.1 Å². The molecule has 3 heterocycles. The van der Waals surface area contributed by atoms with Crippen LogP contribution in [0.25, 0.3) is 28.1 Å². The summed E-state index contributed by atoms with van der Waals surface area (Å²) in [4.78, 5) is 47.0. The number of piperazine rings is 1. The van der Waals surface area contributed by atoms with Crippen molar-refractivity contribution in [3.8, 4) is 33.8 Å². The highest BCUT2D eigenvalue weighted by atomic mass is 35.5. The van der Waals surface area contributed by atoms with Gasteiger partial charge in [0.15, 0.2) is 5.69 Å². The molecule has 2 aromatic carbocycles. The number of carbonyl (C=O) groups excluding carboxylic acids is 3. The molecule has 238 valence electrons. The van der Waals surface area contributed by atoms with Crippen molar-refractivity contribution in [2.75, 3.05) is 33.4 Å². The summed E-state index contributed by atoms with van der Waals surface area (Å²) in [5, 5.41) is 15.1. The van der Waals surface area contributed by atoms with E-state index in [-0.39, 0.29) is 42.8 Å². The van der Waals surface area contributed by atoms with Crippen molar-refractivity contribution in [3.05, 3.63) is 81.2 Å². The Morgan fingerprint density at radius 1 is 1.02 bits per heavy atom. The minimum atomic E-state index is -1.16. The molecular formula is C33H32Cl2N6O5. The molecule has 0 unspecified atom stereocenters. The van der Waals surface area contributed by atoms with Gasteiger partial charge in [-0.1, -0.05) is 23.2 Å². The van der Waals surface area contributed by atoms with Gasteiger partial charge in [-0.25, -0.2) is 4.68 Å². The van der Waals surface area contributed by atoms with Gasteiger partial charge < -0.3 is 25.4 Å². The molecule has 0 saturated carbocycles. The fourth-order valence-electron chi connectivity index (χ4n) is 6.33. The van der Waals surface area contributed by atoms with Gasteiger partial charge in [0.2, 0.25) is 11.8 Å². The van der Waals surface area contributed by atoms with Crippen LogP contribution in [0, 0.1) is 0 Å². The Bertz CT molecular complexity index is 1890. The molecule has 3 amide bonds. The van der Waals surface area contributed by atoms with Gasteiger partial charge in [-0.2, -0.15) is 5.10 Å². The summed E-state index contributed by atoms with van der Waals surface area (Å²) in [5.74, 6) is -0.642. The van der Waals surface area contributed by atoms with Crippen LogP contribution in [0.2, 0.25) is 10.0 Å². The van der Waals surface area contributed by atoms with E-state index in [4.69, 9.17) is 38.8 Å². The first-order valence-corrected chi connectivity index (χ1v) is 15.5. The Morgan fingerprint density at radius 3 is 2.43 bits per heavy atom. The molecule has 46 heavy (non-hydrogen) atoms. The lowest BCUT2D eigenvalue weighted by atomic mass is 9.85. The highest BCUT2D eigenvalue weighted by Crippen LogP contribution is 2.44. The summed E-state index contributed by atoms with van der Waals surface area (Å²) in [6.45, 7) is 4.03. The highest BCUT2D eigenvalue weighted by Gasteiger charge is 2.46. The number of rotatable bonds is 7. The van der Waals surface area contributed by atoms with Crippen LogP contribution < -0.4 is 10.5 Å². The lowest BCUT2D eigenvalue weighted by molar-refractivity contribution is -0.147. The highest BCUT2D eigenvalue weighted by molar-refractivity contribution is 6.34. The molecule has 2 aromatic heterocycles. The molecule has 0 radical (unpaired) electrons. The van der Waals surface area contributed by atoms with Crippen LogP contribution in [0.5, 0.6) is 5.75 Å². The molecule has 1 saturated heterocycles. The molecule has 13 heteroatoms. The van der Waals surface area contributed by atoms with Crippen LogP contribution >= 0.6 is 23.2 Å². The standard InChI is InChI=1S/C33H32Cl2N6O5/c1-33(2)32(45)39(8-9-42)6-7-40(33)31(44)28-24-5-4-18-11-27(46-3)25(19-10-20(30(36)43)17-37-16-19)15-26(18)29(24)41(38-28)23-13-21(34)12-22(35)14-23/h10-17,42H,4-9H2,1-3H3,(H2,36,43). The summed E-state index contributed by atoms with van der Waals surface area (Å²) >= 11 is 12.9. The van der Waals surface area contributed by atoms with Gasteiger partial charge in [0.1, 0.15) is 11.3 Å². The minimum absolute atomic E-state index is 0.162. The number of pyridine rings is 1. The number of β-amino-alcohol motifs (C(OH)–C–C–N with tert-alkyl or cyclic N) is 1. The quantitative estimate of drug-likeness (QED) is 0.302. The van der Waals surface area contributed by atoms with E-state index in [1.165, 1.54) is 6.20 Å². The van der Waals surface area contributed by atoms with Gasteiger partial charge in [-0.05, 0) is 68.7 Å². The number of ether oxygens (including phenoxy) is 1. The number of hydrogen-bond acceptors (Lipinski definition) is 7. The Balaban J connectivity index is 1.55. The Labute approximate surface area is 275 Å².